The lowest BCUT2D eigenvalue weighted by Gasteiger charge is -2.32. The van der Waals surface area contributed by atoms with E-state index in [9.17, 15) is 9.90 Å². The van der Waals surface area contributed by atoms with Gasteiger partial charge in [0.1, 0.15) is 5.54 Å². The first kappa shape index (κ1) is 11.7. The second-order valence-corrected chi connectivity index (χ2v) is 4.14. The molecular weight excluding hydrogens is 190 g/mol. The van der Waals surface area contributed by atoms with Crippen molar-refractivity contribution in [3.8, 4) is 0 Å². The van der Waals surface area contributed by atoms with Crippen LogP contribution in [0.3, 0.4) is 0 Å². The first-order chi connectivity index (χ1) is 6.89. The molecule has 1 aromatic rings. The maximum atomic E-state index is 11.3. The fourth-order valence-electron chi connectivity index (χ4n) is 1.45. The predicted molar refractivity (Wildman–Crippen MR) is 59.9 cm³/mol. The number of hydrogen-bond acceptors (Lipinski definition) is 2. The third kappa shape index (κ3) is 2.02. The Bertz CT molecular complexity index is 356. The Labute approximate surface area is 90.3 Å². The number of nitrogens with zero attached hydrogens (tertiary/aromatic N) is 1. The van der Waals surface area contributed by atoms with E-state index in [0.717, 1.165) is 11.1 Å². The summed E-state index contributed by atoms with van der Waals surface area (Å²) in [5.74, 6) is -0.837. The Morgan fingerprint density at radius 3 is 2.07 bits per heavy atom. The Balaban J connectivity index is 3.22. The lowest BCUT2D eigenvalue weighted by atomic mass is 9.90. The van der Waals surface area contributed by atoms with Crippen LogP contribution >= 0.6 is 0 Å². The highest BCUT2D eigenvalue weighted by atomic mass is 16.4. The molecule has 0 aromatic heterocycles. The van der Waals surface area contributed by atoms with Crippen molar-refractivity contribution in [2.45, 2.75) is 19.4 Å². The number of aliphatic carboxylic acids is 1. The largest absolute Gasteiger partial charge is 0.480 e. The molecular formula is C12H17NO2. The van der Waals surface area contributed by atoms with Crippen molar-refractivity contribution in [2.75, 3.05) is 14.1 Å². The Hall–Kier alpha value is -1.35. The van der Waals surface area contributed by atoms with Gasteiger partial charge in [0.05, 0.1) is 0 Å². The van der Waals surface area contributed by atoms with Crippen LogP contribution in [0.2, 0.25) is 0 Å². The number of carboxylic acids is 1. The Kier molecular flexibility index (Phi) is 3.15. The fourth-order valence-corrected chi connectivity index (χ4v) is 1.45. The topological polar surface area (TPSA) is 40.5 Å². The highest BCUT2D eigenvalue weighted by Crippen LogP contribution is 2.26. The molecule has 1 atom stereocenters. The predicted octanol–water partition coefficient (Wildman–Crippen LogP) is 1.86. The van der Waals surface area contributed by atoms with Crippen LogP contribution in [0.1, 0.15) is 18.1 Å². The van der Waals surface area contributed by atoms with E-state index < -0.39 is 11.5 Å². The zero-order valence-electron chi connectivity index (χ0n) is 9.61. The van der Waals surface area contributed by atoms with Crippen molar-refractivity contribution in [1.29, 1.82) is 0 Å². The van der Waals surface area contributed by atoms with Crippen molar-refractivity contribution in [1.82, 2.24) is 4.90 Å². The highest BCUT2D eigenvalue weighted by molar-refractivity contribution is 5.80. The molecule has 0 bridgehead atoms. The van der Waals surface area contributed by atoms with Crippen LogP contribution in [0.4, 0.5) is 0 Å². The van der Waals surface area contributed by atoms with Crippen LogP contribution in [0.15, 0.2) is 24.3 Å². The molecule has 0 spiro atoms. The van der Waals surface area contributed by atoms with Gasteiger partial charge in [-0.2, -0.15) is 0 Å². The van der Waals surface area contributed by atoms with Crippen LogP contribution in [-0.4, -0.2) is 30.1 Å². The van der Waals surface area contributed by atoms with Crippen LogP contribution in [0, 0.1) is 6.92 Å². The minimum absolute atomic E-state index is 0.797. The van der Waals surface area contributed by atoms with Crippen molar-refractivity contribution in [3.05, 3.63) is 35.4 Å². The van der Waals surface area contributed by atoms with E-state index in [1.54, 1.807) is 25.9 Å². The van der Waals surface area contributed by atoms with E-state index in [4.69, 9.17) is 0 Å². The van der Waals surface area contributed by atoms with Gasteiger partial charge in [0.2, 0.25) is 0 Å². The summed E-state index contributed by atoms with van der Waals surface area (Å²) < 4.78 is 0. The Morgan fingerprint density at radius 1 is 1.27 bits per heavy atom. The van der Waals surface area contributed by atoms with E-state index in [-0.39, 0.29) is 0 Å². The van der Waals surface area contributed by atoms with Crippen molar-refractivity contribution < 1.29 is 9.90 Å². The van der Waals surface area contributed by atoms with Gasteiger partial charge in [-0.05, 0) is 33.5 Å². The average molecular weight is 207 g/mol. The van der Waals surface area contributed by atoms with E-state index >= 15 is 0 Å². The van der Waals surface area contributed by atoms with E-state index in [2.05, 4.69) is 0 Å². The lowest BCUT2D eigenvalue weighted by Crippen LogP contribution is -2.45. The third-order valence-corrected chi connectivity index (χ3v) is 2.92. The van der Waals surface area contributed by atoms with Crippen molar-refractivity contribution in [2.24, 2.45) is 0 Å². The number of hydrogen-bond donors (Lipinski definition) is 1. The first-order valence-electron chi connectivity index (χ1n) is 4.87. The van der Waals surface area contributed by atoms with Crippen LogP contribution < -0.4 is 0 Å². The van der Waals surface area contributed by atoms with Gasteiger partial charge in [-0.3, -0.25) is 4.90 Å². The Morgan fingerprint density at radius 2 is 1.73 bits per heavy atom. The smallest absolute Gasteiger partial charge is 0.328 e. The maximum Gasteiger partial charge on any atom is 0.328 e. The van der Waals surface area contributed by atoms with Gasteiger partial charge >= 0.3 is 5.97 Å². The molecule has 0 radical (unpaired) electrons. The molecule has 0 aliphatic heterocycles. The number of carboxylic acid groups (broad SMARTS) is 1. The molecule has 1 rings (SSSR count). The number of aryl methyl sites for hydroxylation is 1. The zero-order chi connectivity index (χ0) is 11.6. The SMILES string of the molecule is Cc1ccc(C(C)(C(=O)O)N(C)C)cc1. The molecule has 0 heterocycles. The molecule has 0 saturated heterocycles. The summed E-state index contributed by atoms with van der Waals surface area (Å²) in [5, 5.41) is 9.28. The van der Waals surface area contributed by atoms with Gasteiger partial charge in [0.25, 0.3) is 0 Å². The maximum absolute atomic E-state index is 11.3. The molecule has 0 saturated carbocycles. The number of benzene rings is 1. The second kappa shape index (κ2) is 4.03. The van der Waals surface area contributed by atoms with Crippen LogP contribution in [0.25, 0.3) is 0 Å². The summed E-state index contributed by atoms with van der Waals surface area (Å²) in [4.78, 5) is 13.0. The average Bonchev–Trinajstić information content (AvgIpc) is 2.17. The summed E-state index contributed by atoms with van der Waals surface area (Å²) in [6.07, 6.45) is 0. The van der Waals surface area contributed by atoms with Gasteiger partial charge in [0.15, 0.2) is 0 Å². The molecule has 15 heavy (non-hydrogen) atoms. The lowest BCUT2D eigenvalue weighted by molar-refractivity contribution is -0.149. The molecule has 0 fully saturated rings. The highest BCUT2D eigenvalue weighted by Gasteiger charge is 2.37. The van der Waals surface area contributed by atoms with Crippen molar-refractivity contribution in [3.63, 3.8) is 0 Å². The molecule has 1 N–H and O–H groups in total. The number of rotatable bonds is 3. The van der Waals surface area contributed by atoms with Gasteiger partial charge in [-0.1, -0.05) is 29.8 Å². The molecule has 0 aliphatic carbocycles. The zero-order valence-corrected chi connectivity index (χ0v) is 9.61. The summed E-state index contributed by atoms with van der Waals surface area (Å²) in [5.41, 5.74) is 0.962. The summed E-state index contributed by atoms with van der Waals surface area (Å²) in [6.45, 7) is 3.69. The molecule has 82 valence electrons. The quantitative estimate of drug-likeness (QED) is 0.822. The van der Waals surface area contributed by atoms with Gasteiger partial charge in [-0.25, -0.2) is 4.79 Å². The van der Waals surface area contributed by atoms with Crippen LogP contribution in [-0.2, 0) is 10.3 Å². The minimum atomic E-state index is -0.965. The summed E-state index contributed by atoms with van der Waals surface area (Å²) in [7, 11) is 3.54. The van der Waals surface area contributed by atoms with Gasteiger partial charge < -0.3 is 5.11 Å². The normalized spacial score (nSPS) is 15.0. The van der Waals surface area contributed by atoms with E-state index in [1.807, 2.05) is 31.2 Å². The van der Waals surface area contributed by atoms with E-state index in [0.29, 0.717) is 0 Å². The number of carbonyl (C=O) groups is 1. The monoisotopic (exact) mass is 207 g/mol. The number of likely N-dealkylation sites (N-methyl/N-ethyl adjacent to an activating group) is 1. The molecule has 0 aliphatic rings. The van der Waals surface area contributed by atoms with Gasteiger partial charge in [-0.15, -0.1) is 0 Å². The molecule has 3 heteroatoms. The molecule has 3 nitrogen and oxygen atoms in total. The fraction of sp³-hybridized carbons (Fsp3) is 0.417. The van der Waals surface area contributed by atoms with Gasteiger partial charge in [0, 0.05) is 0 Å². The summed E-state index contributed by atoms with van der Waals surface area (Å²) >= 11 is 0. The van der Waals surface area contributed by atoms with Crippen molar-refractivity contribution >= 4 is 5.97 Å². The third-order valence-electron chi connectivity index (χ3n) is 2.92. The summed E-state index contributed by atoms with van der Waals surface area (Å²) in [6, 6.07) is 7.59. The molecule has 1 aromatic carbocycles. The van der Waals surface area contributed by atoms with Crippen LogP contribution in [0.5, 0.6) is 0 Å². The first-order valence-corrected chi connectivity index (χ1v) is 4.87. The van der Waals surface area contributed by atoms with E-state index in [1.165, 1.54) is 0 Å². The molecule has 1 unspecified atom stereocenters. The molecule has 0 amide bonds. The standard InChI is InChI=1S/C12H17NO2/c1-9-5-7-10(8-6-9)12(2,11(14)15)13(3)4/h5-8H,1-4H3,(H,14,15). The second-order valence-electron chi connectivity index (χ2n) is 4.14. The minimum Gasteiger partial charge on any atom is -0.480 e.